The summed E-state index contributed by atoms with van der Waals surface area (Å²) in [6.45, 7) is 4.99. The highest BCUT2D eigenvalue weighted by molar-refractivity contribution is 7.89. The molecular weight excluding hydrogens is 582 g/mol. The summed E-state index contributed by atoms with van der Waals surface area (Å²) >= 11 is 7.01. The molecule has 1 fully saturated rings. The van der Waals surface area contributed by atoms with Gasteiger partial charge < -0.3 is 9.47 Å². The minimum Gasteiger partial charge on any atom is -0.353 e. The van der Waals surface area contributed by atoms with E-state index in [9.17, 15) is 0 Å². The first kappa shape index (κ1) is 31.7. The van der Waals surface area contributed by atoms with Crippen LogP contribution in [-0.4, -0.2) is 25.0 Å². The smallest absolute Gasteiger partial charge is 0.195 e. The van der Waals surface area contributed by atoms with Crippen LogP contribution in [0.4, 0.5) is 0 Å². The maximum atomic E-state index is 6.47. The summed E-state index contributed by atoms with van der Waals surface area (Å²) in [7, 11) is 1.46. The zero-order chi connectivity index (χ0) is 30.1. The fourth-order valence-corrected chi connectivity index (χ4v) is 5.97. The molecule has 1 unspecified atom stereocenters. The summed E-state index contributed by atoms with van der Waals surface area (Å²) in [5.74, 6) is 0. The summed E-state index contributed by atoms with van der Waals surface area (Å²) in [5.41, 5.74) is 5.69. The Hall–Kier alpha value is -2.75. The number of halogens is 1. The highest BCUT2D eigenvalue weighted by atomic mass is 35.5. The van der Waals surface area contributed by atoms with Crippen molar-refractivity contribution in [2.45, 2.75) is 63.9 Å². The van der Waals surface area contributed by atoms with Crippen LogP contribution >= 0.6 is 23.9 Å². The molecule has 6 nitrogen and oxygen atoms in total. The summed E-state index contributed by atoms with van der Waals surface area (Å²) < 4.78 is 23.4. The standard InChI is InChI=1S/C35H38ClNO5S/c1-35(2,40-34-13-6-7-22-39-34)31-12-5-4-10-26(31)17-21-33(41-43-42-38-3)28-11-8-9-25(23-28)14-19-30-20-16-27-15-18-29(36)24-32(27)37-30/h4-5,8-12,14-16,18-20,23-24,33-34H,6-7,13,17,21-22H2,1-3H3/b19-14+/t33-,34?/m0/s1. The van der Waals surface area contributed by atoms with Gasteiger partial charge in [-0.15, -0.1) is 4.33 Å². The van der Waals surface area contributed by atoms with Crippen molar-refractivity contribution in [2.24, 2.45) is 0 Å². The van der Waals surface area contributed by atoms with Gasteiger partial charge in [0.15, 0.2) is 18.6 Å². The molecule has 0 bridgehead atoms. The molecule has 1 aliphatic rings. The van der Waals surface area contributed by atoms with Crippen LogP contribution in [0, 0.1) is 0 Å². The normalized spacial score (nSPS) is 16.6. The minimum atomic E-state index is -0.490. The molecule has 2 atom stereocenters. The van der Waals surface area contributed by atoms with E-state index >= 15 is 0 Å². The van der Waals surface area contributed by atoms with E-state index in [4.69, 9.17) is 39.5 Å². The van der Waals surface area contributed by atoms with Gasteiger partial charge in [-0.1, -0.05) is 72.3 Å². The topological polar surface area (TPSA) is 59.0 Å². The molecule has 1 aliphatic heterocycles. The Bertz CT molecular complexity index is 1520. The number of benzene rings is 3. The van der Waals surface area contributed by atoms with Crippen LogP contribution in [-0.2, 0) is 34.9 Å². The van der Waals surface area contributed by atoms with Gasteiger partial charge in [0.25, 0.3) is 0 Å². The number of hydrogen-bond acceptors (Lipinski definition) is 7. The van der Waals surface area contributed by atoms with Crippen LogP contribution < -0.4 is 0 Å². The Morgan fingerprint density at radius 3 is 2.72 bits per heavy atom. The first-order valence-electron chi connectivity index (χ1n) is 14.7. The summed E-state index contributed by atoms with van der Waals surface area (Å²) in [6.07, 6.45) is 8.31. The van der Waals surface area contributed by atoms with Crippen molar-refractivity contribution in [3.8, 4) is 0 Å². The Morgan fingerprint density at radius 1 is 1.02 bits per heavy atom. The van der Waals surface area contributed by atoms with Crippen LogP contribution in [0.25, 0.3) is 23.1 Å². The summed E-state index contributed by atoms with van der Waals surface area (Å²) in [4.78, 5) is 9.50. The fraction of sp³-hybridized carbons (Fsp3) is 0.343. The second kappa shape index (κ2) is 15.3. The maximum absolute atomic E-state index is 6.47. The predicted molar refractivity (Wildman–Crippen MR) is 174 cm³/mol. The Kier molecular flexibility index (Phi) is 11.3. The highest BCUT2D eigenvalue weighted by Crippen LogP contribution is 2.35. The molecule has 2 heterocycles. The van der Waals surface area contributed by atoms with Gasteiger partial charge in [-0.05, 0) is 98.5 Å². The van der Waals surface area contributed by atoms with E-state index in [0.717, 1.165) is 84.3 Å². The lowest BCUT2D eigenvalue weighted by Gasteiger charge is -2.34. The number of rotatable bonds is 13. The zero-order valence-electron chi connectivity index (χ0n) is 24.8. The predicted octanol–water partition coefficient (Wildman–Crippen LogP) is 9.67. The molecule has 0 radical (unpaired) electrons. The molecule has 0 amide bonds. The highest BCUT2D eigenvalue weighted by Gasteiger charge is 2.29. The molecule has 43 heavy (non-hydrogen) atoms. The Morgan fingerprint density at radius 2 is 1.88 bits per heavy atom. The van der Waals surface area contributed by atoms with E-state index in [-0.39, 0.29) is 12.4 Å². The number of fused-ring (bicyclic) bond motifs is 1. The molecule has 0 spiro atoms. The van der Waals surface area contributed by atoms with Crippen LogP contribution in [0.1, 0.15) is 73.6 Å². The minimum absolute atomic E-state index is 0.172. The molecule has 4 aromatic rings. The van der Waals surface area contributed by atoms with E-state index in [1.807, 2.05) is 36.4 Å². The largest absolute Gasteiger partial charge is 0.353 e. The molecule has 1 saturated heterocycles. The molecular formula is C35H38ClNO5S. The van der Waals surface area contributed by atoms with Gasteiger partial charge in [0.05, 0.1) is 23.9 Å². The van der Waals surface area contributed by atoms with E-state index in [1.54, 1.807) is 0 Å². The number of hydrogen-bond donors (Lipinski definition) is 0. The second-order valence-electron chi connectivity index (χ2n) is 11.1. The monoisotopic (exact) mass is 619 g/mol. The van der Waals surface area contributed by atoms with Gasteiger partial charge in [0.2, 0.25) is 0 Å². The Balaban J connectivity index is 1.32. The zero-order valence-corrected chi connectivity index (χ0v) is 26.4. The number of pyridine rings is 1. The van der Waals surface area contributed by atoms with Gasteiger partial charge >= 0.3 is 0 Å². The van der Waals surface area contributed by atoms with Gasteiger partial charge in [0, 0.05) is 17.0 Å². The van der Waals surface area contributed by atoms with Crippen molar-refractivity contribution in [3.63, 3.8) is 0 Å². The molecule has 3 aromatic carbocycles. The Labute approximate surface area is 263 Å². The van der Waals surface area contributed by atoms with E-state index < -0.39 is 5.60 Å². The first-order valence-corrected chi connectivity index (χ1v) is 15.7. The number of nitrogens with zero attached hydrogens (tertiary/aromatic N) is 1. The van der Waals surface area contributed by atoms with E-state index in [1.165, 1.54) is 12.7 Å². The van der Waals surface area contributed by atoms with E-state index in [2.05, 4.69) is 68.5 Å². The van der Waals surface area contributed by atoms with Crippen molar-refractivity contribution >= 4 is 47.0 Å². The summed E-state index contributed by atoms with van der Waals surface area (Å²) in [6, 6.07) is 26.6. The third-order valence-electron chi connectivity index (χ3n) is 7.56. The molecule has 0 N–H and O–H groups in total. The van der Waals surface area contributed by atoms with Gasteiger partial charge in [-0.25, -0.2) is 9.87 Å². The summed E-state index contributed by atoms with van der Waals surface area (Å²) in [5, 5.41) is 1.73. The lowest BCUT2D eigenvalue weighted by Crippen LogP contribution is -2.33. The third kappa shape index (κ3) is 8.89. The molecule has 5 rings (SSSR count). The number of aromatic nitrogens is 1. The molecule has 226 valence electrons. The third-order valence-corrected chi connectivity index (χ3v) is 8.30. The molecule has 0 aliphatic carbocycles. The number of ether oxygens (including phenoxy) is 2. The average Bonchev–Trinajstić information content (AvgIpc) is 3.02. The van der Waals surface area contributed by atoms with Crippen molar-refractivity contribution in [1.82, 2.24) is 4.98 Å². The SMILES string of the molecule is COOSO[C@@H](CCc1ccccc1C(C)(C)OC1CCCCO1)c1cccc(/C=C/c2ccc3ccc(Cl)cc3n2)c1. The average molecular weight is 620 g/mol. The lowest BCUT2D eigenvalue weighted by molar-refractivity contribution is -0.219. The second-order valence-corrected chi connectivity index (χ2v) is 12.0. The van der Waals surface area contributed by atoms with Gasteiger partial charge in [0.1, 0.15) is 6.10 Å². The first-order chi connectivity index (χ1) is 20.9. The van der Waals surface area contributed by atoms with Crippen LogP contribution in [0.3, 0.4) is 0 Å². The maximum Gasteiger partial charge on any atom is 0.195 e. The van der Waals surface area contributed by atoms with E-state index in [0.29, 0.717) is 5.02 Å². The quantitative estimate of drug-likeness (QED) is 0.0639. The van der Waals surface area contributed by atoms with Gasteiger partial charge in [-0.2, -0.15) is 0 Å². The molecule has 0 saturated carbocycles. The van der Waals surface area contributed by atoms with Crippen molar-refractivity contribution < 1.29 is 22.9 Å². The number of aryl methyl sites for hydroxylation is 1. The van der Waals surface area contributed by atoms with Crippen molar-refractivity contribution in [3.05, 3.63) is 112 Å². The van der Waals surface area contributed by atoms with Crippen LogP contribution in [0.2, 0.25) is 5.02 Å². The van der Waals surface area contributed by atoms with Crippen molar-refractivity contribution in [1.29, 1.82) is 0 Å². The van der Waals surface area contributed by atoms with Crippen LogP contribution in [0.5, 0.6) is 0 Å². The van der Waals surface area contributed by atoms with Crippen LogP contribution in [0.15, 0.2) is 78.9 Å². The lowest BCUT2D eigenvalue weighted by atomic mass is 9.89. The molecule has 8 heteroatoms. The van der Waals surface area contributed by atoms with Gasteiger partial charge in [-0.3, -0.25) is 4.18 Å². The molecule has 1 aromatic heterocycles. The van der Waals surface area contributed by atoms with Crippen molar-refractivity contribution in [2.75, 3.05) is 13.7 Å². The fourth-order valence-electron chi connectivity index (χ4n) is 5.41.